The first-order valence-corrected chi connectivity index (χ1v) is 11.9. The third kappa shape index (κ3) is 6.40. The van der Waals surface area contributed by atoms with Crippen molar-refractivity contribution in [3.8, 4) is 0 Å². The lowest BCUT2D eigenvalue weighted by atomic mass is 9.71. The van der Waals surface area contributed by atoms with Gasteiger partial charge < -0.3 is 24.1 Å². The number of aliphatic hydroxyl groups excluding tert-OH is 1. The van der Waals surface area contributed by atoms with Crippen molar-refractivity contribution in [2.45, 2.75) is 40.2 Å². The van der Waals surface area contributed by atoms with Gasteiger partial charge in [-0.2, -0.15) is 0 Å². The molecule has 0 aromatic heterocycles. The zero-order chi connectivity index (χ0) is 23.1. The first kappa shape index (κ1) is 26.0. The highest BCUT2D eigenvalue weighted by atomic mass is 127. The maximum Gasteiger partial charge on any atom is 0.226 e. The van der Waals surface area contributed by atoms with Gasteiger partial charge in [-0.3, -0.25) is 9.59 Å². The lowest BCUT2D eigenvalue weighted by molar-refractivity contribution is -0.151. The number of nitrogens with zero attached hydrogens (tertiary/aromatic N) is 1. The lowest BCUT2D eigenvalue weighted by Gasteiger charge is -2.50. The molecule has 3 fully saturated rings. The predicted molar refractivity (Wildman–Crippen MR) is 129 cm³/mol. The summed E-state index contributed by atoms with van der Waals surface area (Å²) < 4.78 is 6.97. The van der Waals surface area contributed by atoms with Gasteiger partial charge in [0.25, 0.3) is 0 Å². The van der Waals surface area contributed by atoms with Crippen LogP contribution in [0.3, 0.4) is 0 Å². The molecule has 0 radical (unpaired) electrons. The van der Waals surface area contributed by atoms with Gasteiger partial charge in [0.2, 0.25) is 11.8 Å². The number of amides is 2. The highest BCUT2D eigenvalue weighted by molar-refractivity contribution is 14.1. The number of rotatable bonds is 5. The van der Waals surface area contributed by atoms with Crippen LogP contribution < -0.4 is 10.6 Å². The molecule has 0 bridgehead atoms. The van der Waals surface area contributed by atoms with Crippen LogP contribution in [-0.4, -0.2) is 58.0 Å². The van der Waals surface area contributed by atoms with Crippen molar-refractivity contribution in [2.24, 2.45) is 22.7 Å². The largest absolute Gasteiger partial charge is 0.396 e. The number of nitrogens with one attached hydrogen (secondary N) is 2. The summed E-state index contributed by atoms with van der Waals surface area (Å²) in [6.07, 6.45) is 1.87. The second-order valence-electron chi connectivity index (χ2n) is 9.41. The molecule has 1 saturated carbocycles. The molecule has 4 N–H and O–H groups in total. The van der Waals surface area contributed by atoms with E-state index >= 15 is 0 Å². The van der Waals surface area contributed by atoms with Crippen molar-refractivity contribution in [2.75, 3.05) is 32.8 Å². The van der Waals surface area contributed by atoms with Gasteiger partial charge in [-0.25, -0.2) is 0 Å². The Kier molecular flexibility index (Phi) is 9.72. The van der Waals surface area contributed by atoms with Crippen LogP contribution in [0.25, 0.3) is 0 Å². The van der Waals surface area contributed by atoms with E-state index in [0.29, 0.717) is 19.7 Å². The van der Waals surface area contributed by atoms with Gasteiger partial charge in [0.05, 0.1) is 5.92 Å². The van der Waals surface area contributed by atoms with Gasteiger partial charge in [0, 0.05) is 50.7 Å². The first-order valence-electron chi connectivity index (χ1n) is 10.9. The Morgan fingerprint density at radius 1 is 1.19 bits per heavy atom. The van der Waals surface area contributed by atoms with Crippen molar-refractivity contribution < 1.29 is 18.1 Å². The van der Waals surface area contributed by atoms with Crippen LogP contribution in [0.4, 0.5) is 0 Å². The van der Waals surface area contributed by atoms with E-state index < -0.39 is 0 Å². The highest BCUT2D eigenvalue weighted by Crippen LogP contribution is 2.54. The molecule has 2 amide bonds. The van der Waals surface area contributed by atoms with Crippen LogP contribution >= 0.6 is 23.0 Å². The molecule has 7 nitrogen and oxygen atoms in total. The average molecular weight is 545 g/mol. The minimum absolute atomic E-state index is 0.0486. The SMILES string of the molecule is CC1(C)C[C@@H]1C(=O)N1CC2(CNC[C@H]2C(=O)NCc2ccccc2)C1.CCCO.OI. The molecule has 1 aromatic carbocycles. The van der Waals surface area contributed by atoms with E-state index in [1.165, 1.54) is 0 Å². The summed E-state index contributed by atoms with van der Waals surface area (Å²) in [6.45, 7) is 10.1. The summed E-state index contributed by atoms with van der Waals surface area (Å²) in [5.74, 6) is 0.524. The molecular formula is C23H36IN3O4. The highest BCUT2D eigenvalue weighted by Gasteiger charge is 2.59. The van der Waals surface area contributed by atoms with Crippen molar-refractivity contribution >= 4 is 34.8 Å². The summed E-state index contributed by atoms with van der Waals surface area (Å²) >= 11 is 1.15. The molecular weight excluding hydrogens is 509 g/mol. The number of halogens is 1. The third-order valence-corrected chi connectivity index (χ3v) is 6.55. The number of hydrogen-bond acceptors (Lipinski definition) is 5. The van der Waals surface area contributed by atoms with E-state index in [1.54, 1.807) is 0 Å². The summed E-state index contributed by atoms with van der Waals surface area (Å²) in [7, 11) is 0. The summed E-state index contributed by atoms with van der Waals surface area (Å²) in [5.41, 5.74) is 1.20. The Balaban J connectivity index is 0.000000513. The van der Waals surface area contributed by atoms with Crippen molar-refractivity contribution in [1.29, 1.82) is 0 Å². The van der Waals surface area contributed by atoms with E-state index in [1.807, 2.05) is 42.2 Å². The van der Waals surface area contributed by atoms with E-state index in [2.05, 4.69) is 24.5 Å². The standard InChI is InChI=1S/C20H27N3O2.C3H8O.HIO/c1-19(2)8-15(19)18(25)23-12-20(13-23)11-21-10-16(20)17(24)22-9-14-6-4-3-5-7-14;1-2-3-4;1-2/h3-7,15-16,21H,8-13H2,1-2H3,(H,22,24);4H,2-3H2,1H3;2H/t15-,16+;;/m1../s1. The number of aliphatic hydroxyl groups is 1. The summed E-state index contributed by atoms with van der Waals surface area (Å²) in [4.78, 5) is 27.2. The zero-order valence-electron chi connectivity index (χ0n) is 18.7. The van der Waals surface area contributed by atoms with Crippen LogP contribution in [0.2, 0.25) is 0 Å². The van der Waals surface area contributed by atoms with E-state index in [9.17, 15) is 9.59 Å². The minimum Gasteiger partial charge on any atom is -0.396 e. The lowest BCUT2D eigenvalue weighted by Crippen LogP contribution is -2.64. The van der Waals surface area contributed by atoms with E-state index in [-0.39, 0.29) is 34.5 Å². The van der Waals surface area contributed by atoms with E-state index in [4.69, 9.17) is 8.54 Å². The number of likely N-dealkylation sites (tertiary alicyclic amines) is 1. The summed E-state index contributed by atoms with van der Waals surface area (Å²) in [5, 5.41) is 14.3. The molecule has 2 atom stereocenters. The van der Waals surface area contributed by atoms with Gasteiger partial charge in [-0.1, -0.05) is 51.1 Å². The van der Waals surface area contributed by atoms with Gasteiger partial charge in [0.15, 0.2) is 0 Å². The second kappa shape index (κ2) is 11.6. The first-order chi connectivity index (χ1) is 14.8. The predicted octanol–water partition coefficient (Wildman–Crippen LogP) is 2.11. The van der Waals surface area contributed by atoms with E-state index in [0.717, 1.165) is 61.0 Å². The monoisotopic (exact) mass is 545 g/mol. The minimum atomic E-state index is -0.0739. The van der Waals surface area contributed by atoms with Crippen LogP contribution in [0.5, 0.6) is 0 Å². The molecule has 2 aliphatic heterocycles. The van der Waals surface area contributed by atoms with Crippen molar-refractivity contribution in [3.05, 3.63) is 35.9 Å². The molecule has 174 valence electrons. The fourth-order valence-corrected chi connectivity index (χ4v) is 4.40. The Hall–Kier alpha value is -1.23. The van der Waals surface area contributed by atoms with Crippen molar-refractivity contribution in [1.82, 2.24) is 15.5 Å². The molecule has 0 unspecified atom stereocenters. The fourth-order valence-electron chi connectivity index (χ4n) is 4.40. The zero-order valence-corrected chi connectivity index (χ0v) is 20.9. The smallest absolute Gasteiger partial charge is 0.226 e. The molecule has 8 heteroatoms. The van der Waals surface area contributed by atoms with Crippen LogP contribution in [0, 0.1) is 22.7 Å². The molecule has 1 aromatic rings. The summed E-state index contributed by atoms with van der Waals surface area (Å²) in [6, 6.07) is 9.97. The second-order valence-corrected chi connectivity index (χ2v) is 9.41. The Morgan fingerprint density at radius 2 is 1.77 bits per heavy atom. The topological polar surface area (TPSA) is 102 Å². The Labute approximate surface area is 199 Å². The van der Waals surface area contributed by atoms with Crippen molar-refractivity contribution in [3.63, 3.8) is 0 Å². The molecule has 3 aliphatic rings. The maximum absolute atomic E-state index is 12.7. The Morgan fingerprint density at radius 3 is 2.29 bits per heavy atom. The molecule has 4 rings (SSSR count). The fraction of sp³-hybridized carbons (Fsp3) is 0.652. The molecule has 2 heterocycles. The van der Waals surface area contributed by atoms with Gasteiger partial charge >= 0.3 is 0 Å². The van der Waals surface area contributed by atoms with Crippen LogP contribution in [0.15, 0.2) is 30.3 Å². The number of carbonyl (C=O) groups excluding carboxylic acids is 2. The van der Waals surface area contributed by atoms with Gasteiger partial charge in [0.1, 0.15) is 23.0 Å². The molecule has 1 aliphatic carbocycles. The molecule has 1 spiro atoms. The third-order valence-electron chi connectivity index (χ3n) is 6.55. The quantitative estimate of drug-likeness (QED) is 0.425. The van der Waals surface area contributed by atoms with Gasteiger partial charge in [-0.05, 0) is 23.8 Å². The van der Waals surface area contributed by atoms with Crippen LogP contribution in [-0.2, 0) is 16.1 Å². The maximum atomic E-state index is 12.7. The average Bonchev–Trinajstić information content (AvgIpc) is 3.19. The van der Waals surface area contributed by atoms with Gasteiger partial charge in [-0.15, -0.1) is 0 Å². The molecule has 31 heavy (non-hydrogen) atoms. The normalized spacial score (nSPS) is 24.1. The van der Waals surface area contributed by atoms with Crippen LogP contribution in [0.1, 0.15) is 39.2 Å². The molecule has 2 saturated heterocycles. The number of hydrogen-bond donors (Lipinski definition) is 4. The Bertz CT molecular complexity index is 721. The number of benzene rings is 1. The number of carbonyl (C=O) groups is 2.